The summed E-state index contributed by atoms with van der Waals surface area (Å²) < 4.78 is 25.2. The molecular formula is C28H34FN5O3. The lowest BCUT2D eigenvalue weighted by atomic mass is 10.1. The smallest absolute Gasteiger partial charge is 0.249 e. The minimum absolute atomic E-state index is 0.208. The molecule has 0 radical (unpaired) electrons. The van der Waals surface area contributed by atoms with Gasteiger partial charge in [-0.25, -0.2) is 4.39 Å². The maximum Gasteiger partial charge on any atom is 0.249 e. The number of hydrogen-bond acceptors (Lipinski definition) is 7. The van der Waals surface area contributed by atoms with E-state index in [1.165, 1.54) is 12.2 Å². The zero-order chi connectivity index (χ0) is 26.8. The van der Waals surface area contributed by atoms with E-state index >= 15 is 0 Å². The predicted octanol–water partition coefficient (Wildman–Crippen LogP) is 5.25. The highest BCUT2D eigenvalue weighted by Crippen LogP contribution is 2.31. The number of methoxy groups -OCH3 is 1. The third kappa shape index (κ3) is 6.75. The number of anilines is 1. The second-order valence-corrected chi connectivity index (χ2v) is 7.88. The van der Waals surface area contributed by atoms with Gasteiger partial charge in [-0.15, -0.1) is 0 Å². The van der Waals surface area contributed by atoms with Crippen molar-refractivity contribution in [2.75, 3.05) is 38.3 Å². The molecule has 1 saturated heterocycles. The Labute approximate surface area is 218 Å². The summed E-state index contributed by atoms with van der Waals surface area (Å²) >= 11 is 0. The van der Waals surface area contributed by atoms with E-state index in [-0.39, 0.29) is 18.2 Å². The van der Waals surface area contributed by atoms with Gasteiger partial charge in [0, 0.05) is 19.2 Å². The second-order valence-electron chi connectivity index (χ2n) is 7.88. The highest BCUT2D eigenvalue weighted by molar-refractivity contribution is 6.06. The number of carbonyl (C=O) groups excluding carboxylic acids is 1. The molecule has 3 heterocycles. The monoisotopic (exact) mass is 507 g/mol. The van der Waals surface area contributed by atoms with Crippen molar-refractivity contribution in [1.82, 2.24) is 10.0 Å². The molecule has 0 saturated carbocycles. The van der Waals surface area contributed by atoms with Crippen molar-refractivity contribution >= 4 is 29.8 Å². The van der Waals surface area contributed by atoms with Crippen molar-refractivity contribution in [2.45, 2.75) is 27.2 Å². The van der Waals surface area contributed by atoms with E-state index in [9.17, 15) is 9.18 Å². The van der Waals surface area contributed by atoms with Crippen LogP contribution in [0.2, 0.25) is 0 Å². The van der Waals surface area contributed by atoms with E-state index in [2.05, 4.69) is 16.6 Å². The van der Waals surface area contributed by atoms with Crippen LogP contribution in [-0.2, 0) is 9.53 Å². The van der Waals surface area contributed by atoms with Gasteiger partial charge in [-0.2, -0.15) is 4.99 Å². The van der Waals surface area contributed by atoms with E-state index < -0.39 is 0 Å². The fourth-order valence-corrected chi connectivity index (χ4v) is 3.83. The molecule has 3 aliphatic rings. The first-order chi connectivity index (χ1) is 18.0. The number of morpholine rings is 1. The number of fused-ring (bicyclic) bond motifs is 1. The van der Waals surface area contributed by atoms with E-state index in [0.29, 0.717) is 49.3 Å². The summed E-state index contributed by atoms with van der Waals surface area (Å²) in [7, 11) is 1.61. The van der Waals surface area contributed by atoms with Gasteiger partial charge in [-0.05, 0) is 48.9 Å². The van der Waals surface area contributed by atoms with Gasteiger partial charge in [0.25, 0.3) is 0 Å². The molecule has 1 aromatic carbocycles. The zero-order valence-electron chi connectivity index (χ0n) is 21.9. The first-order valence-electron chi connectivity index (χ1n) is 12.3. The number of amides is 1. The second kappa shape index (κ2) is 13.2. The summed E-state index contributed by atoms with van der Waals surface area (Å²) in [4.78, 5) is 22.9. The molecular weight excluding hydrogens is 473 g/mol. The Morgan fingerprint density at radius 2 is 2.05 bits per heavy atom. The Morgan fingerprint density at radius 3 is 2.76 bits per heavy atom. The Kier molecular flexibility index (Phi) is 9.83. The lowest BCUT2D eigenvalue weighted by Gasteiger charge is -2.40. The van der Waals surface area contributed by atoms with Crippen LogP contribution >= 0.6 is 0 Å². The molecule has 3 aliphatic heterocycles. The van der Waals surface area contributed by atoms with Crippen LogP contribution in [0.15, 0.2) is 82.5 Å². The normalized spacial score (nSPS) is 18.7. The van der Waals surface area contributed by atoms with Gasteiger partial charge in [0.15, 0.2) is 11.6 Å². The third-order valence-electron chi connectivity index (χ3n) is 5.59. The molecule has 1 amide bonds. The molecule has 1 fully saturated rings. The molecule has 0 atom stereocenters. The lowest BCUT2D eigenvalue weighted by molar-refractivity contribution is -0.117. The van der Waals surface area contributed by atoms with Gasteiger partial charge in [0.2, 0.25) is 5.91 Å². The molecule has 8 nitrogen and oxygen atoms in total. The van der Waals surface area contributed by atoms with E-state index in [0.717, 1.165) is 11.3 Å². The van der Waals surface area contributed by atoms with Crippen LogP contribution < -0.4 is 9.64 Å². The number of carbonyl (C=O) groups is 1. The minimum Gasteiger partial charge on any atom is -0.495 e. The SMILES string of the molecule is C=C(/C=C\C(F)=C/C)N1CCC(=O)N=C2/C(=C/c3ccc(N4C=CCN=C4)c(OC)c3)OCCN21.CC. The van der Waals surface area contributed by atoms with E-state index in [1.54, 1.807) is 26.4 Å². The number of hydrogen-bond donors (Lipinski definition) is 0. The quantitative estimate of drug-likeness (QED) is 0.490. The first-order valence-corrected chi connectivity index (χ1v) is 12.3. The average molecular weight is 508 g/mol. The molecule has 0 N–H and O–H groups in total. The van der Waals surface area contributed by atoms with E-state index in [1.807, 2.05) is 65.3 Å². The van der Waals surface area contributed by atoms with Crippen LogP contribution in [0.4, 0.5) is 10.1 Å². The molecule has 0 aliphatic carbocycles. The number of amidine groups is 1. The van der Waals surface area contributed by atoms with Crippen molar-refractivity contribution in [2.24, 2.45) is 9.98 Å². The van der Waals surface area contributed by atoms with Crippen LogP contribution in [0.3, 0.4) is 0 Å². The molecule has 1 aromatic rings. The summed E-state index contributed by atoms with van der Waals surface area (Å²) in [6, 6.07) is 5.75. The summed E-state index contributed by atoms with van der Waals surface area (Å²) in [5, 5.41) is 3.70. The van der Waals surface area contributed by atoms with Crippen LogP contribution in [0, 0.1) is 0 Å². The van der Waals surface area contributed by atoms with Gasteiger partial charge >= 0.3 is 0 Å². The predicted molar refractivity (Wildman–Crippen MR) is 147 cm³/mol. The summed E-state index contributed by atoms with van der Waals surface area (Å²) in [6.07, 6.45) is 12.0. The summed E-state index contributed by atoms with van der Waals surface area (Å²) in [5.74, 6) is 0.896. The zero-order valence-corrected chi connectivity index (χ0v) is 21.9. The number of allylic oxidation sites excluding steroid dienone is 4. The van der Waals surface area contributed by atoms with Crippen LogP contribution in [-0.4, -0.2) is 61.5 Å². The Balaban J connectivity index is 0.00000186. The number of benzene rings is 1. The third-order valence-corrected chi connectivity index (χ3v) is 5.59. The van der Waals surface area contributed by atoms with Crippen LogP contribution in [0.1, 0.15) is 32.8 Å². The van der Waals surface area contributed by atoms with Gasteiger partial charge < -0.3 is 14.4 Å². The fraction of sp³-hybridized carbons (Fsp3) is 0.321. The number of ether oxygens (including phenoxy) is 2. The van der Waals surface area contributed by atoms with Crippen molar-refractivity contribution in [1.29, 1.82) is 0 Å². The number of halogens is 1. The van der Waals surface area contributed by atoms with Crippen molar-refractivity contribution in [3.8, 4) is 5.75 Å². The molecule has 4 rings (SSSR count). The summed E-state index contributed by atoms with van der Waals surface area (Å²) in [5.41, 5.74) is 2.22. The largest absolute Gasteiger partial charge is 0.495 e. The van der Waals surface area contributed by atoms with Crippen molar-refractivity contribution in [3.63, 3.8) is 0 Å². The molecule has 0 unspecified atom stereocenters. The molecule has 0 spiro atoms. The molecule has 37 heavy (non-hydrogen) atoms. The standard InChI is InChI=1S/C26H28FN5O3.C2H6/c1-4-21(27)8-6-19(2)31-13-10-25(33)29-26-24(35-15-14-32(26)31)17-20-7-9-22(23(16-20)34-3)30-12-5-11-28-18-30;1-2/h4-9,12,16-18H,2,10-11,13-15H2,1,3H3;1-2H3/b8-6-,21-4+,24-17-;. The lowest BCUT2D eigenvalue weighted by Crippen LogP contribution is -2.50. The maximum atomic E-state index is 13.6. The van der Waals surface area contributed by atoms with Gasteiger partial charge in [0.05, 0.1) is 37.9 Å². The number of aliphatic imine (C=N–C) groups is 2. The fourth-order valence-electron chi connectivity index (χ4n) is 3.83. The van der Waals surface area contributed by atoms with E-state index in [4.69, 9.17) is 9.47 Å². The maximum absolute atomic E-state index is 13.6. The topological polar surface area (TPSA) is 70.0 Å². The number of nitrogens with zero attached hydrogens (tertiary/aromatic N) is 5. The van der Waals surface area contributed by atoms with Crippen molar-refractivity contribution in [3.05, 3.63) is 78.1 Å². The molecule has 9 heteroatoms. The van der Waals surface area contributed by atoms with Gasteiger partial charge in [-0.1, -0.05) is 32.6 Å². The molecule has 0 bridgehead atoms. The highest BCUT2D eigenvalue weighted by Gasteiger charge is 2.31. The minimum atomic E-state index is -0.364. The highest BCUT2D eigenvalue weighted by atomic mass is 19.1. The van der Waals surface area contributed by atoms with Crippen LogP contribution in [0.25, 0.3) is 6.08 Å². The summed E-state index contributed by atoms with van der Waals surface area (Å²) in [6.45, 7) is 11.6. The average Bonchev–Trinajstić information content (AvgIpc) is 3.12. The Bertz CT molecular complexity index is 1170. The number of hydrazine groups is 1. The molecule has 0 aromatic heterocycles. The Morgan fingerprint density at radius 1 is 1.24 bits per heavy atom. The Hall–Kier alpha value is -4.14. The number of rotatable bonds is 6. The van der Waals surface area contributed by atoms with Crippen molar-refractivity contribution < 1.29 is 18.7 Å². The van der Waals surface area contributed by atoms with Gasteiger partial charge in [0.1, 0.15) is 18.2 Å². The van der Waals surface area contributed by atoms with Gasteiger partial charge in [-0.3, -0.25) is 19.8 Å². The van der Waals surface area contributed by atoms with Crippen LogP contribution in [0.5, 0.6) is 5.75 Å². The molecule has 196 valence electrons. The first kappa shape index (κ1) is 27.4.